The largest absolute Gasteiger partial charge is 0.343 e. The second-order valence-corrected chi connectivity index (χ2v) is 6.24. The normalized spacial score (nSPS) is 23.7. The molecule has 1 atom stereocenters. The van der Waals surface area contributed by atoms with Crippen LogP contribution in [0.1, 0.15) is 30.8 Å². The Morgan fingerprint density at radius 3 is 2.89 bits per heavy atom. The maximum atomic E-state index is 12.5. The monoisotopic (exact) mass is 313 g/mol. The molecule has 1 amide bonds. The number of hydrogen-bond acceptors (Lipinski definition) is 2. The highest BCUT2D eigenvalue weighted by Crippen LogP contribution is 2.30. The molecule has 1 aliphatic heterocycles. The van der Waals surface area contributed by atoms with E-state index in [-0.39, 0.29) is 11.3 Å². The van der Waals surface area contributed by atoms with Gasteiger partial charge in [-0.15, -0.1) is 0 Å². The first kappa shape index (κ1) is 13.6. The summed E-state index contributed by atoms with van der Waals surface area (Å²) in [4.78, 5) is 14.4. The highest BCUT2D eigenvalue weighted by molar-refractivity contribution is 9.10. The lowest BCUT2D eigenvalue weighted by Crippen LogP contribution is -2.35. The van der Waals surface area contributed by atoms with Gasteiger partial charge in [0, 0.05) is 30.3 Å². The van der Waals surface area contributed by atoms with Crippen LogP contribution >= 0.6 is 15.9 Å². The number of carbonyl (C=O) groups excluding carboxylic acids is 1. The Labute approximate surface area is 116 Å². The van der Waals surface area contributed by atoms with Gasteiger partial charge in [-0.25, -0.2) is 0 Å². The molecule has 2 N–H and O–H groups in total. The Morgan fingerprint density at radius 1 is 1.61 bits per heavy atom. The fourth-order valence-electron chi connectivity index (χ4n) is 2.44. The highest BCUT2D eigenvalue weighted by atomic mass is 79.9. The molecule has 1 unspecified atom stereocenters. The minimum Gasteiger partial charge on any atom is -0.343 e. The summed E-state index contributed by atoms with van der Waals surface area (Å²) in [6, 6.07) is 1.89. The minimum atomic E-state index is 0.0799. The molecular formula is C13H20BrN3O. The third kappa shape index (κ3) is 2.47. The lowest BCUT2D eigenvalue weighted by atomic mass is 9.90. The van der Waals surface area contributed by atoms with Gasteiger partial charge in [-0.05, 0) is 47.3 Å². The van der Waals surface area contributed by atoms with E-state index in [1.165, 1.54) is 0 Å². The van der Waals surface area contributed by atoms with Gasteiger partial charge in [-0.1, -0.05) is 6.92 Å². The van der Waals surface area contributed by atoms with Crippen molar-refractivity contribution in [3.63, 3.8) is 0 Å². The topological polar surface area (TPSA) is 51.3 Å². The molecule has 2 heterocycles. The van der Waals surface area contributed by atoms with Crippen molar-refractivity contribution in [1.82, 2.24) is 9.47 Å². The zero-order chi connectivity index (χ0) is 13.3. The fraction of sp³-hybridized carbons (Fsp3) is 0.615. The number of nitrogens with two attached hydrogens (primary N) is 1. The van der Waals surface area contributed by atoms with Crippen molar-refractivity contribution in [3.05, 3.63) is 22.4 Å². The third-order valence-corrected chi connectivity index (χ3v) is 4.19. The fourth-order valence-corrected chi connectivity index (χ4v) is 2.91. The summed E-state index contributed by atoms with van der Waals surface area (Å²) >= 11 is 3.43. The van der Waals surface area contributed by atoms with Crippen molar-refractivity contribution in [3.8, 4) is 0 Å². The van der Waals surface area contributed by atoms with Crippen molar-refractivity contribution in [1.29, 1.82) is 0 Å². The van der Waals surface area contributed by atoms with Crippen LogP contribution < -0.4 is 5.73 Å². The van der Waals surface area contributed by atoms with Crippen LogP contribution in [0.25, 0.3) is 0 Å². The first-order valence-electron chi connectivity index (χ1n) is 6.34. The van der Waals surface area contributed by atoms with E-state index in [2.05, 4.69) is 22.9 Å². The van der Waals surface area contributed by atoms with Crippen LogP contribution in [0.4, 0.5) is 0 Å². The molecule has 100 valence electrons. The quantitative estimate of drug-likeness (QED) is 0.929. The van der Waals surface area contributed by atoms with Crippen LogP contribution in [0, 0.1) is 5.41 Å². The maximum absolute atomic E-state index is 12.5. The van der Waals surface area contributed by atoms with Crippen molar-refractivity contribution in [2.75, 3.05) is 19.6 Å². The van der Waals surface area contributed by atoms with Crippen LogP contribution in [0.5, 0.6) is 0 Å². The van der Waals surface area contributed by atoms with Crippen molar-refractivity contribution >= 4 is 21.8 Å². The summed E-state index contributed by atoms with van der Waals surface area (Å²) in [6.07, 6.45) is 2.94. The van der Waals surface area contributed by atoms with Gasteiger partial charge in [0.25, 0.3) is 5.91 Å². The number of halogens is 1. The molecule has 1 fully saturated rings. The van der Waals surface area contributed by atoms with Gasteiger partial charge in [0.2, 0.25) is 0 Å². The Kier molecular flexibility index (Phi) is 3.82. The van der Waals surface area contributed by atoms with Gasteiger partial charge in [-0.3, -0.25) is 4.79 Å². The standard InChI is InChI=1S/C13H20BrN3O/c1-3-16-7-10(14)6-11(16)12(18)17-5-4-13(2,8-15)9-17/h6-7H,3-5,8-9,15H2,1-2H3. The molecule has 4 nitrogen and oxygen atoms in total. The molecule has 18 heavy (non-hydrogen) atoms. The molecule has 1 aromatic heterocycles. The van der Waals surface area contributed by atoms with Crippen molar-refractivity contribution < 1.29 is 4.79 Å². The SMILES string of the molecule is CCn1cc(Br)cc1C(=O)N1CCC(C)(CN)C1. The number of aryl methyl sites for hydroxylation is 1. The van der Waals surface area contributed by atoms with E-state index in [4.69, 9.17) is 5.73 Å². The predicted molar refractivity (Wildman–Crippen MR) is 75.5 cm³/mol. The van der Waals surface area contributed by atoms with E-state index in [1.807, 2.05) is 28.7 Å². The van der Waals surface area contributed by atoms with E-state index in [9.17, 15) is 4.79 Å². The van der Waals surface area contributed by atoms with Gasteiger partial charge in [0.15, 0.2) is 0 Å². The number of aromatic nitrogens is 1. The average Bonchev–Trinajstić information content (AvgIpc) is 2.92. The van der Waals surface area contributed by atoms with Gasteiger partial charge in [-0.2, -0.15) is 0 Å². The molecule has 0 aromatic carbocycles. The van der Waals surface area contributed by atoms with Gasteiger partial charge >= 0.3 is 0 Å². The highest BCUT2D eigenvalue weighted by Gasteiger charge is 2.35. The number of hydrogen-bond donors (Lipinski definition) is 1. The Balaban J connectivity index is 2.17. The summed E-state index contributed by atoms with van der Waals surface area (Å²) < 4.78 is 2.93. The van der Waals surface area contributed by atoms with E-state index in [0.717, 1.165) is 36.2 Å². The second-order valence-electron chi connectivity index (χ2n) is 5.32. The second kappa shape index (κ2) is 5.05. The molecule has 5 heteroatoms. The van der Waals surface area contributed by atoms with E-state index >= 15 is 0 Å². The van der Waals surface area contributed by atoms with Crippen LogP contribution in [0.15, 0.2) is 16.7 Å². The Morgan fingerprint density at radius 2 is 2.33 bits per heavy atom. The van der Waals surface area contributed by atoms with Gasteiger partial charge < -0.3 is 15.2 Å². The molecule has 2 rings (SSSR count). The van der Waals surface area contributed by atoms with E-state index in [1.54, 1.807) is 0 Å². The summed E-state index contributed by atoms with van der Waals surface area (Å²) in [5, 5.41) is 0. The summed E-state index contributed by atoms with van der Waals surface area (Å²) in [7, 11) is 0. The lowest BCUT2D eigenvalue weighted by Gasteiger charge is -2.22. The summed E-state index contributed by atoms with van der Waals surface area (Å²) in [5.41, 5.74) is 6.61. The predicted octanol–water partition coefficient (Wildman–Crippen LogP) is 2.08. The van der Waals surface area contributed by atoms with Crippen LogP contribution in [-0.2, 0) is 6.54 Å². The molecule has 0 saturated carbocycles. The maximum Gasteiger partial charge on any atom is 0.270 e. The molecule has 0 aliphatic carbocycles. The Bertz CT molecular complexity index is 457. The first-order valence-corrected chi connectivity index (χ1v) is 7.13. The molecule has 1 aromatic rings. The van der Waals surface area contributed by atoms with Gasteiger partial charge in [0.05, 0.1) is 0 Å². The molecule has 0 radical (unpaired) electrons. The summed E-state index contributed by atoms with van der Waals surface area (Å²) in [5.74, 6) is 0.111. The molecule has 1 aliphatic rings. The van der Waals surface area contributed by atoms with Crippen LogP contribution in [-0.4, -0.2) is 35.0 Å². The van der Waals surface area contributed by atoms with Gasteiger partial charge in [0.1, 0.15) is 5.69 Å². The number of nitrogens with zero attached hydrogens (tertiary/aromatic N) is 2. The number of amides is 1. The zero-order valence-electron chi connectivity index (χ0n) is 10.9. The molecule has 0 spiro atoms. The number of carbonyl (C=O) groups is 1. The van der Waals surface area contributed by atoms with E-state index in [0.29, 0.717) is 6.54 Å². The third-order valence-electron chi connectivity index (χ3n) is 3.76. The minimum absolute atomic E-state index is 0.0799. The number of likely N-dealkylation sites (tertiary alicyclic amines) is 1. The lowest BCUT2D eigenvalue weighted by molar-refractivity contribution is 0.0766. The van der Waals surface area contributed by atoms with E-state index < -0.39 is 0 Å². The smallest absolute Gasteiger partial charge is 0.270 e. The summed E-state index contributed by atoms with van der Waals surface area (Å²) in [6.45, 7) is 7.18. The first-order chi connectivity index (χ1) is 8.49. The van der Waals surface area contributed by atoms with Crippen LogP contribution in [0.2, 0.25) is 0 Å². The van der Waals surface area contributed by atoms with Crippen LogP contribution in [0.3, 0.4) is 0 Å². The number of rotatable bonds is 3. The Hall–Kier alpha value is -0.810. The molecular weight excluding hydrogens is 294 g/mol. The molecule has 1 saturated heterocycles. The average molecular weight is 314 g/mol. The van der Waals surface area contributed by atoms with Crippen molar-refractivity contribution in [2.24, 2.45) is 11.1 Å². The molecule has 0 bridgehead atoms. The van der Waals surface area contributed by atoms with Crippen molar-refractivity contribution in [2.45, 2.75) is 26.8 Å². The zero-order valence-corrected chi connectivity index (χ0v) is 12.5.